The van der Waals surface area contributed by atoms with Crippen molar-refractivity contribution in [1.29, 1.82) is 0 Å². The molecule has 0 spiro atoms. The van der Waals surface area contributed by atoms with E-state index in [0.29, 0.717) is 17.3 Å². The molecule has 0 unspecified atom stereocenters. The standard InChI is InChI=1S/C10H14N2O2/c1-6-9(13)11-8(12-10(6)14)7-4-2-3-5-7/h7H,2-5H2,1H3,(H2,11,12,13,14). The van der Waals surface area contributed by atoms with Gasteiger partial charge in [0, 0.05) is 5.92 Å². The first kappa shape index (κ1) is 9.24. The van der Waals surface area contributed by atoms with Gasteiger partial charge in [0.05, 0.1) is 5.56 Å². The second kappa shape index (κ2) is 3.44. The molecule has 4 heteroatoms. The summed E-state index contributed by atoms with van der Waals surface area (Å²) >= 11 is 0. The molecule has 1 aromatic heterocycles. The molecule has 0 aliphatic heterocycles. The van der Waals surface area contributed by atoms with Crippen LogP contribution in [-0.4, -0.2) is 15.1 Å². The number of nitrogens with one attached hydrogen (secondary N) is 1. The molecule has 0 amide bonds. The Morgan fingerprint density at radius 3 is 2.64 bits per heavy atom. The van der Waals surface area contributed by atoms with E-state index in [2.05, 4.69) is 9.97 Å². The molecular formula is C10H14N2O2. The van der Waals surface area contributed by atoms with Crippen LogP contribution >= 0.6 is 0 Å². The fraction of sp³-hybridized carbons (Fsp3) is 0.600. The number of rotatable bonds is 1. The van der Waals surface area contributed by atoms with Crippen LogP contribution in [0.5, 0.6) is 5.88 Å². The van der Waals surface area contributed by atoms with E-state index >= 15 is 0 Å². The fourth-order valence-corrected chi connectivity index (χ4v) is 1.93. The van der Waals surface area contributed by atoms with Crippen molar-refractivity contribution in [2.24, 2.45) is 0 Å². The Morgan fingerprint density at radius 2 is 2.07 bits per heavy atom. The van der Waals surface area contributed by atoms with Gasteiger partial charge < -0.3 is 10.1 Å². The molecule has 1 aliphatic carbocycles. The summed E-state index contributed by atoms with van der Waals surface area (Å²) < 4.78 is 0. The fourth-order valence-electron chi connectivity index (χ4n) is 1.93. The van der Waals surface area contributed by atoms with Gasteiger partial charge in [0.2, 0.25) is 5.88 Å². The largest absolute Gasteiger partial charge is 0.493 e. The number of hydrogen-bond donors (Lipinski definition) is 2. The molecule has 0 atom stereocenters. The predicted molar refractivity (Wildman–Crippen MR) is 52.5 cm³/mol. The topological polar surface area (TPSA) is 66.0 Å². The minimum absolute atomic E-state index is 0.129. The van der Waals surface area contributed by atoms with E-state index in [4.69, 9.17) is 0 Å². The summed E-state index contributed by atoms with van der Waals surface area (Å²) in [6.07, 6.45) is 4.49. The van der Waals surface area contributed by atoms with Gasteiger partial charge in [0.15, 0.2) is 0 Å². The molecule has 4 nitrogen and oxygen atoms in total. The lowest BCUT2D eigenvalue weighted by atomic mass is 10.1. The van der Waals surface area contributed by atoms with Crippen LogP contribution < -0.4 is 5.56 Å². The van der Waals surface area contributed by atoms with Gasteiger partial charge in [-0.1, -0.05) is 12.8 Å². The third kappa shape index (κ3) is 1.52. The summed E-state index contributed by atoms with van der Waals surface area (Å²) in [6.45, 7) is 1.57. The van der Waals surface area contributed by atoms with E-state index in [9.17, 15) is 9.90 Å². The lowest BCUT2D eigenvalue weighted by Gasteiger charge is -2.08. The average molecular weight is 194 g/mol. The zero-order valence-corrected chi connectivity index (χ0v) is 8.21. The SMILES string of the molecule is Cc1c(O)nc(C2CCCC2)[nH]c1=O. The predicted octanol–water partition coefficient (Wildman–Crippen LogP) is 1.44. The average Bonchev–Trinajstić information content (AvgIpc) is 2.66. The second-order valence-electron chi connectivity index (χ2n) is 3.88. The van der Waals surface area contributed by atoms with Crippen molar-refractivity contribution in [3.63, 3.8) is 0 Å². The highest BCUT2D eigenvalue weighted by atomic mass is 16.3. The van der Waals surface area contributed by atoms with Gasteiger partial charge in [-0.2, -0.15) is 4.98 Å². The molecule has 0 saturated heterocycles. The maximum absolute atomic E-state index is 11.4. The molecule has 76 valence electrons. The van der Waals surface area contributed by atoms with Gasteiger partial charge in [-0.3, -0.25) is 4.79 Å². The molecule has 14 heavy (non-hydrogen) atoms. The minimum atomic E-state index is -0.223. The van der Waals surface area contributed by atoms with Crippen molar-refractivity contribution in [2.75, 3.05) is 0 Å². The van der Waals surface area contributed by atoms with Gasteiger partial charge in [0.1, 0.15) is 5.82 Å². The number of nitrogens with zero attached hydrogens (tertiary/aromatic N) is 1. The van der Waals surface area contributed by atoms with E-state index in [1.54, 1.807) is 6.92 Å². The Hall–Kier alpha value is -1.32. The zero-order valence-electron chi connectivity index (χ0n) is 8.21. The lowest BCUT2D eigenvalue weighted by Crippen LogP contribution is -2.15. The first-order chi connectivity index (χ1) is 6.68. The first-order valence-electron chi connectivity index (χ1n) is 4.98. The smallest absolute Gasteiger partial charge is 0.257 e. The van der Waals surface area contributed by atoms with Crippen molar-refractivity contribution in [1.82, 2.24) is 9.97 Å². The molecular weight excluding hydrogens is 180 g/mol. The van der Waals surface area contributed by atoms with Crippen LogP contribution in [0.25, 0.3) is 0 Å². The van der Waals surface area contributed by atoms with Gasteiger partial charge >= 0.3 is 0 Å². The van der Waals surface area contributed by atoms with Crippen LogP contribution in [0.1, 0.15) is 43.0 Å². The molecule has 1 aromatic rings. The van der Waals surface area contributed by atoms with E-state index in [0.717, 1.165) is 12.8 Å². The summed E-state index contributed by atoms with van der Waals surface area (Å²) in [5.74, 6) is 0.848. The summed E-state index contributed by atoms with van der Waals surface area (Å²) in [7, 11) is 0. The molecule has 1 aliphatic rings. The Balaban J connectivity index is 2.39. The zero-order chi connectivity index (χ0) is 10.1. The second-order valence-corrected chi connectivity index (χ2v) is 3.88. The molecule has 2 rings (SSSR count). The van der Waals surface area contributed by atoms with E-state index in [1.807, 2.05) is 0 Å². The van der Waals surface area contributed by atoms with Crippen molar-refractivity contribution >= 4 is 0 Å². The highest BCUT2D eigenvalue weighted by Gasteiger charge is 2.20. The molecule has 0 bridgehead atoms. The molecule has 1 saturated carbocycles. The highest BCUT2D eigenvalue weighted by molar-refractivity contribution is 5.21. The number of aromatic hydroxyl groups is 1. The maximum Gasteiger partial charge on any atom is 0.257 e. The van der Waals surface area contributed by atoms with Crippen LogP contribution in [0, 0.1) is 6.92 Å². The molecule has 1 heterocycles. The maximum atomic E-state index is 11.4. The van der Waals surface area contributed by atoms with Crippen LogP contribution in [0.4, 0.5) is 0 Å². The van der Waals surface area contributed by atoms with Crippen LogP contribution in [0.15, 0.2) is 4.79 Å². The summed E-state index contributed by atoms with van der Waals surface area (Å²) in [5, 5.41) is 9.41. The molecule has 1 fully saturated rings. The number of H-pyrrole nitrogens is 1. The van der Waals surface area contributed by atoms with Gasteiger partial charge in [-0.25, -0.2) is 0 Å². The minimum Gasteiger partial charge on any atom is -0.493 e. The number of aromatic nitrogens is 2. The van der Waals surface area contributed by atoms with E-state index < -0.39 is 0 Å². The Morgan fingerprint density at radius 1 is 1.43 bits per heavy atom. The monoisotopic (exact) mass is 194 g/mol. The highest BCUT2D eigenvalue weighted by Crippen LogP contribution is 2.32. The molecule has 0 radical (unpaired) electrons. The Bertz CT molecular complexity index is 392. The normalized spacial score (nSPS) is 17.5. The van der Waals surface area contributed by atoms with Gasteiger partial charge in [-0.05, 0) is 19.8 Å². The van der Waals surface area contributed by atoms with Crippen molar-refractivity contribution < 1.29 is 5.11 Å². The van der Waals surface area contributed by atoms with Crippen molar-refractivity contribution in [3.8, 4) is 5.88 Å². The quantitative estimate of drug-likeness (QED) is 0.711. The van der Waals surface area contributed by atoms with Gasteiger partial charge in [-0.15, -0.1) is 0 Å². The van der Waals surface area contributed by atoms with Crippen molar-refractivity contribution in [3.05, 3.63) is 21.7 Å². The molecule has 2 N–H and O–H groups in total. The van der Waals surface area contributed by atoms with Gasteiger partial charge in [0.25, 0.3) is 5.56 Å². The first-order valence-corrected chi connectivity index (χ1v) is 4.98. The summed E-state index contributed by atoms with van der Waals surface area (Å²) in [4.78, 5) is 18.1. The van der Waals surface area contributed by atoms with E-state index in [1.165, 1.54) is 12.8 Å². The Kier molecular flexibility index (Phi) is 2.27. The van der Waals surface area contributed by atoms with Crippen LogP contribution in [0.2, 0.25) is 0 Å². The molecule has 0 aromatic carbocycles. The Labute approximate surface area is 82.0 Å². The number of hydrogen-bond acceptors (Lipinski definition) is 3. The summed E-state index contributed by atoms with van der Waals surface area (Å²) in [6, 6.07) is 0. The van der Waals surface area contributed by atoms with E-state index in [-0.39, 0.29) is 11.4 Å². The number of aromatic amines is 1. The third-order valence-electron chi connectivity index (χ3n) is 2.89. The summed E-state index contributed by atoms with van der Waals surface area (Å²) in [5.41, 5.74) is 0.0751. The van der Waals surface area contributed by atoms with Crippen LogP contribution in [-0.2, 0) is 0 Å². The van der Waals surface area contributed by atoms with Crippen molar-refractivity contribution in [2.45, 2.75) is 38.5 Å². The lowest BCUT2D eigenvalue weighted by molar-refractivity contribution is 0.439. The van der Waals surface area contributed by atoms with Crippen LogP contribution in [0.3, 0.4) is 0 Å². The third-order valence-corrected chi connectivity index (χ3v) is 2.89.